The minimum Gasteiger partial charge on any atom is -0.355 e. The van der Waals surface area contributed by atoms with Crippen molar-refractivity contribution in [2.45, 2.75) is 46.1 Å². The van der Waals surface area contributed by atoms with E-state index >= 15 is 0 Å². The molecule has 21 heavy (non-hydrogen) atoms. The van der Waals surface area contributed by atoms with Crippen LogP contribution >= 0.6 is 11.3 Å². The lowest BCUT2D eigenvalue weighted by Crippen LogP contribution is -2.29. The molecule has 1 aliphatic rings. The van der Waals surface area contributed by atoms with Gasteiger partial charge in [-0.1, -0.05) is 13.8 Å². The topological polar surface area (TPSA) is 32.6 Å². The molecule has 0 radical (unpaired) electrons. The van der Waals surface area contributed by atoms with Crippen LogP contribution in [0.3, 0.4) is 0 Å². The van der Waals surface area contributed by atoms with Gasteiger partial charge in [-0.15, -0.1) is 11.3 Å². The maximum atomic E-state index is 4.92. The van der Waals surface area contributed by atoms with Crippen LogP contribution in [0.25, 0.3) is 4.96 Å². The van der Waals surface area contributed by atoms with E-state index in [0.717, 1.165) is 30.5 Å². The maximum Gasteiger partial charge on any atom is 0.195 e. The summed E-state index contributed by atoms with van der Waals surface area (Å²) in [5, 5.41) is 5.67. The monoisotopic (exact) mass is 306 g/mol. The summed E-state index contributed by atoms with van der Waals surface area (Å²) < 4.78 is 2.26. The molecule has 0 atom stereocenters. The van der Waals surface area contributed by atoms with Crippen LogP contribution in [0.2, 0.25) is 0 Å². The number of anilines is 1. The molecule has 1 N–H and O–H groups in total. The van der Waals surface area contributed by atoms with E-state index < -0.39 is 0 Å². The molecule has 0 saturated heterocycles. The molecule has 2 heterocycles. The number of fused-ring (bicyclic) bond motifs is 1. The van der Waals surface area contributed by atoms with Crippen LogP contribution in [0, 0.1) is 5.92 Å². The summed E-state index contributed by atoms with van der Waals surface area (Å²) in [4.78, 5) is 8.55. The molecule has 116 valence electrons. The van der Waals surface area contributed by atoms with Gasteiger partial charge in [0.1, 0.15) is 0 Å². The number of nitrogens with zero attached hydrogens (tertiary/aromatic N) is 3. The minimum atomic E-state index is 0.896. The molecule has 5 heteroatoms. The van der Waals surface area contributed by atoms with E-state index in [1.54, 1.807) is 11.3 Å². The lowest BCUT2D eigenvalue weighted by atomic mass is 10.3. The van der Waals surface area contributed by atoms with Crippen molar-refractivity contribution in [3.05, 3.63) is 17.3 Å². The Kier molecular flexibility index (Phi) is 4.80. The molecule has 0 bridgehead atoms. The van der Waals surface area contributed by atoms with Crippen LogP contribution in [0.5, 0.6) is 0 Å². The van der Waals surface area contributed by atoms with Gasteiger partial charge in [-0.05, 0) is 38.1 Å². The number of hydrogen-bond donors (Lipinski definition) is 1. The van der Waals surface area contributed by atoms with Crippen LogP contribution in [0.1, 0.15) is 45.2 Å². The van der Waals surface area contributed by atoms with Gasteiger partial charge in [-0.3, -0.25) is 4.40 Å². The zero-order chi connectivity index (χ0) is 14.7. The number of rotatable bonds is 9. The molecule has 2 aromatic heterocycles. The zero-order valence-electron chi connectivity index (χ0n) is 13.1. The van der Waals surface area contributed by atoms with Crippen molar-refractivity contribution in [1.29, 1.82) is 0 Å². The molecule has 0 aliphatic heterocycles. The summed E-state index contributed by atoms with van der Waals surface area (Å²) in [6.07, 6.45) is 7.29. The van der Waals surface area contributed by atoms with Gasteiger partial charge in [-0.25, -0.2) is 4.98 Å². The van der Waals surface area contributed by atoms with Crippen LogP contribution in [0.15, 0.2) is 11.6 Å². The van der Waals surface area contributed by atoms with Crippen molar-refractivity contribution in [3.63, 3.8) is 0 Å². The fourth-order valence-electron chi connectivity index (χ4n) is 2.79. The van der Waals surface area contributed by atoms with E-state index in [1.807, 2.05) is 0 Å². The van der Waals surface area contributed by atoms with E-state index in [9.17, 15) is 0 Å². The van der Waals surface area contributed by atoms with Crippen molar-refractivity contribution in [3.8, 4) is 0 Å². The first-order valence-corrected chi connectivity index (χ1v) is 9.11. The fourth-order valence-corrected chi connectivity index (χ4v) is 3.52. The van der Waals surface area contributed by atoms with Crippen LogP contribution in [-0.2, 0) is 6.54 Å². The second-order valence-corrected chi connectivity index (χ2v) is 6.88. The largest absolute Gasteiger partial charge is 0.355 e. The molecule has 0 amide bonds. The summed E-state index contributed by atoms with van der Waals surface area (Å²) in [5.41, 5.74) is 1.33. The Morgan fingerprint density at radius 1 is 1.38 bits per heavy atom. The van der Waals surface area contributed by atoms with E-state index in [4.69, 9.17) is 4.98 Å². The summed E-state index contributed by atoms with van der Waals surface area (Å²) in [6, 6.07) is 0. The van der Waals surface area contributed by atoms with Gasteiger partial charge in [0.2, 0.25) is 0 Å². The smallest absolute Gasteiger partial charge is 0.195 e. The average Bonchev–Trinajstić information content (AvgIpc) is 3.06. The average molecular weight is 306 g/mol. The normalized spacial score (nSPS) is 15.0. The predicted molar refractivity (Wildman–Crippen MR) is 90.3 cm³/mol. The van der Waals surface area contributed by atoms with Gasteiger partial charge in [0.05, 0.1) is 5.69 Å². The summed E-state index contributed by atoms with van der Waals surface area (Å²) in [7, 11) is 0. The second kappa shape index (κ2) is 6.79. The van der Waals surface area contributed by atoms with Crippen molar-refractivity contribution in [2.24, 2.45) is 5.92 Å². The Morgan fingerprint density at radius 3 is 2.95 bits per heavy atom. The van der Waals surface area contributed by atoms with Crippen molar-refractivity contribution < 1.29 is 0 Å². The van der Waals surface area contributed by atoms with E-state index in [2.05, 4.69) is 40.0 Å². The number of hydrogen-bond acceptors (Lipinski definition) is 4. The molecular weight excluding hydrogens is 280 g/mol. The third-order valence-corrected chi connectivity index (χ3v) is 4.78. The summed E-state index contributed by atoms with van der Waals surface area (Å²) in [5.74, 6) is 2.10. The van der Waals surface area contributed by atoms with Crippen LogP contribution < -0.4 is 10.2 Å². The molecule has 2 aromatic rings. The second-order valence-electron chi connectivity index (χ2n) is 6.00. The quantitative estimate of drug-likeness (QED) is 0.720. The van der Waals surface area contributed by atoms with Gasteiger partial charge in [0, 0.05) is 31.2 Å². The molecule has 1 saturated carbocycles. The number of imidazole rings is 1. The SMILES string of the molecule is CCCNCc1c(N(CCC)CC2CC2)nc2sccn12. The Balaban J connectivity index is 1.86. The van der Waals surface area contributed by atoms with Gasteiger partial charge < -0.3 is 10.2 Å². The summed E-state index contributed by atoms with van der Waals surface area (Å²) in [6.45, 7) is 8.73. The highest BCUT2D eigenvalue weighted by atomic mass is 32.1. The first kappa shape index (κ1) is 14.9. The Morgan fingerprint density at radius 2 is 2.24 bits per heavy atom. The number of thiazole rings is 1. The van der Waals surface area contributed by atoms with Gasteiger partial charge >= 0.3 is 0 Å². The molecule has 4 nitrogen and oxygen atoms in total. The fraction of sp³-hybridized carbons (Fsp3) is 0.688. The molecule has 3 rings (SSSR count). The Labute approximate surface area is 131 Å². The molecule has 0 unspecified atom stereocenters. The minimum absolute atomic E-state index is 0.896. The highest BCUT2D eigenvalue weighted by molar-refractivity contribution is 7.15. The Hall–Kier alpha value is -1.07. The van der Waals surface area contributed by atoms with Crippen LogP contribution in [-0.4, -0.2) is 29.0 Å². The van der Waals surface area contributed by atoms with Crippen molar-refractivity contribution in [1.82, 2.24) is 14.7 Å². The first-order chi connectivity index (χ1) is 10.3. The highest BCUT2D eigenvalue weighted by Gasteiger charge is 2.27. The lowest BCUT2D eigenvalue weighted by molar-refractivity contribution is 0.649. The molecular formula is C16H26N4S. The lowest BCUT2D eigenvalue weighted by Gasteiger charge is -2.23. The number of nitrogens with one attached hydrogen (secondary N) is 1. The molecule has 1 fully saturated rings. The van der Waals surface area contributed by atoms with Crippen LogP contribution in [0.4, 0.5) is 5.82 Å². The van der Waals surface area contributed by atoms with Gasteiger partial charge in [0.25, 0.3) is 0 Å². The van der Waals surface area contributed by atoms with Crippen molar-refractivity contribution in [2.75, 3.05) is 24.5 Å². The highest BCUT2D eigenvalue weighted by Crippen LogP contribution is 2.33. The van der Waals surface area contributed by atoms with E-state index in [1.165, 1.54) is 43.7 Å². The Bertz CT molecular complexity index is 570. The third kappa shape index (κ3) is 3.40. The molecule has 1 aliphatic carbocycles. The summed E-state index contributed by atoms with van der Waals surface area (Å²) >= 11 is 1.73. The standard InChI is InChI=1S/C16H26N4S/c1-3-7-17-11-14-15(18-16-20(14)9-10-21-16)19(8-4-2)12-13-5-6-13/h9-10,13,17H,3-8,11-12H2,1-2H3. The number of aromatic nitrogens is 2. The predicted octanol–water partition coefficient (Wildman–Crippen LogP) is 3.52. The van der Waals surface area contributed by atoms with E-state index in [-0.39, 0.29) is 0 Å². The van der Waals surface area contributed by atoms with E-state index in [0.29, 0.717) is 0 Å². The van der Waals surface area contributed by atoms with Crippen molar-refractivity contribution >= 4 is 22.1 Å². The molecule has 0 spiro atoms. The molecule has 0 aromatic carbocycles. The zero-order valence-corrected chi connectivity index (χ0v) is 14.0. The third-order valence-electron chi connectivity index (χ3n) is 4.03. The van der Waals surface area contributed by atoms with Gasteiger partial charge in [0.15, 0.2) is 10.8 Å². The maximum absolute atomic E-state index is 4.92. The first-order valence-electron chi connectivity index (χ1n) is 8.23. The van der Waals surface area contributed by atoms with Gasteiger partial charge in [-0.2, -0.15) is 0 Å².